The van der Waals surface area contributed by atoms with Crippen LogP contribution in [0.15, 0.2) is 17.5 Å². The normalized spacial score (nSPS) is 19.0. The number of carbonyl (C=O) groups excluding carboxylic acids is 1. The number of esters is 1. The summed E-state index contributed by atoms with van der Waals surface area (Å²) in [6.07, 6.45) is 12.9. The fraction of sp³-hybridized carbons (Fsp3) is 0.704. The van der Waals surface area contributed by atoms with Gasteiger partial charge in [-0.05, 0) is 83.8 Å². The average molecular weight is 489 g/mol. The summed E-state index contributed by atoms with van der Waals surface area (Å²) in [4.78, 5) is 22.4. The Labute approximate surface area is 207 Å². The topological polar surface area (TPSA) is 42.4 Å². The second-order valence-electron chi connectivity index (χ2n) is 11.2. The van der Waals surface area contributed by atoms with Crippen LogP contribution in [0.2, 0.25) is 0 Å². The minimum atomic E-state index is -0.447. The first-order valence-corrected chi connectivity index (χ1v) is 14.4. The number of rotatable bonds is 7. The second kappa shape index (κ2) is 10.5. The molecule has 0 saturated heterocycles. The van der Waals surface area contributed by atoms with E-state index >= 15 is 0 Å². The Bertz CT molecular complexity index is 911. The van der Waals surface area contributed by atoms with Gasteiger partial charge in [0.1, 0.15) is 5.60 Å². The van der Waals surface area contributed by atoms with Crippen LogP contribution in [0.4, 0.5) is 5.13 Å². The highest BCUT2D eigenvalue weighted by molar-refractivity contribution is 7.14. The SMILES string of the molecule is Cc1ccc(CN(CCC(=O)OC(C)(C)C)c2nc(C3CCC4(CCCCC4)CC3)cs2)s1. The predicted molar refractivity (Wildman–Crippen MR) is 139 cm³/mol. The van der Waals surface area contributed by atoms with Gasteiger partial charge in [0, 0.05) is 27.6 Å². The van der Waals surface area contributed by atoms with Crippen LogP contribution in [-0.2, 0) is 16.1 Å². The predicted octanol–water partition coefficient (Wildman–Crippen LogP) is 7.86. The minimum absolute atomic E-state index is 0.142. The van der Waals surface area contributed by atoms with Gasteiger partial charge in [-0.1, -0.05) is 19.3 Å². The average Bonchev–Trinajstić information content (AvgIpc) is 3.40. The van der Waals surface area contributed by atoms with Gasteiger partial charge < -0.3 is 9.64 Å². The highest BCUT2D eigenvalue weighted by Crippen LogP contribution is 2.51. The van der Waals surface area contributed by atoms with Crippen LogP contribution in [0.3, 0.4) is 0 Å². The summed E-state index contributed by atoms with van der Waals surface area (Å²) in [6.45, 7) is 9.33. The van der Waals surface area contributed by atoms with Crippen LogP contribution >= 0.6 is 22.7 Å². The molecule has 6 heteroatoms. The fourth-order valence-electron chi connectivity index (χ4n) is 5.56. The molecule has 0 atom stereocenters. The molecule has 1 spiro atoms. The number of ether oxygens (including phenoxy) is 1. The van der Waals surface area contributed by atoms with Gasteiger partial charge in [-0.2, -0.15) is 0 Å². The van der Waals surface area contributed by atoms with E-state index in [1.54, 1.807) is 11.3 Å². The molecule has 0 bridgehead atoms. The van der Waals surface area contributed by atoms with Crippen LogP contribution in [-0.4, -0.2) is 23.1 Å². The number of anilines is 1. The number of nitrogens with zero attached hydrogens (tertiary/aromatic N) is 2. The Kier molecular flexibility index (Phi) is 7.84. The lowest BCUT2D eigenvalue weighted by Gasteiger charge is -2.42. The van der Waals surface area contributed by atoms with E-state index in [0.717, 1.165) is 11.7 Å². The van der Waals surface area contributed by atoms with E-state index in [9.17, 15) is 4.79 Å². The second-order valence-corrected chi connectivity index (χ2v) is 13.4. The third-order valence-electron chi connectivity index (χ3n) is 7.31. The molecule has 4 nitrogen and oxygen atoms in total. The number of thiazole rings is 1. The maximum atomic E-state index is 12.4. The highest BCUT2D eigenvalue weighted by atomic mass is 32.1. The monoisotopic (exact) mass is 488 g/mol. The van der Waals surface area contributed by atoms with E-state index < -0.39 is 5.60 Å². The molecule has 2 heterocycles. The maximum absolute atomic E-state index is 12.4. The zero-order valence-electron chi connectivity index (χ0n) is 20.8. The smallest absolute Gasteiger partial charge is 0.308 e. The molecule has 0 radical (unpaired) electrons. The van der Waals surface area contributed by atoms with Crippen molar-refractivity contribution in [3.05, 3.63) is 33.0 Å². The van der Waals surface area contributed by atoms with Crippen LogP contribution < -0.4 is 4.90 Å². The van der Waals surface area contributed by atoms with E-state index in [4.69, 9.17) is 9.72 Å². The Morgan fingerprint density at radius 1 is 1.15 bits per heavy atom. The molecule has 2 aliphatic rings. The molecule has 2 aliphatic carbocycles. The Morgan fingerprint density at radius 2 is 1.88 bits per heavy atom. The van der Waals surface area contributed by atoms with Crippen LogP contribution in [0.25, 0.3) is 0 Å². The molecule has 2 saturated carbocycles. The van der Waals surface area contributed by atoms with E-state index in [-0.39, 0.29) is 5.97 Å². The van der Waals surface area contributed by atoms with Gasteiger partial charge in [0.2, 0.25) is 0 Å². The number of hydrogen-bond acceptors (Lipinski definition) is 6. The third-order valence-corrected chi connectivity index (χ3v) is 9.21. The first kappa shape index (κ1) is 24.7. The van der Waals surface area contributed by atoms with E-state index in [1.165, 1.54) is 73.2 Å². The molecule has 2 aromatic heterocycles. The van der Waals surface area contributed by atoms with Crippen molar-refractivity contribution in [2.24, 2.45) is 5.41 Å². The molecular formula is C27H40N2O2S2. The molecule has 2 fully saturated rings. The van der Waals surface area contributed by atoms with Gasteiger partial charge in [0.25, 0.3) is 0 Å². The van der Waals surface area contributed by atoms with Gasteiger partial charge in [0.15, 0.2) is 5.13 Å². The van der Waals surface area contributed by atoms with Crippen LogP contribution in [0.5, 0.6) is 0 Å². The van der Waals surface area contributed by atoms with E-state index in [1.807, 2.05) is 32.1 Å². The summed E-state index contributed by atoms with van der Waals surface area (Å²) < 4.78 is 5.55. The fourth-order valence-corrected chi connectivity index (χ4v) is 7.40. The molecule has 33 heavy (non-hydrogen) atoms. The van der Waals surface area contributed by atoms with Crippen molar-refractivity contribution in [1.82, 2.24) is 4.98 Å². The van der Waals surface area contributed by atoms with Crippen molar-refractivity contribution in [1.29, 1.82) is 0 Å². The number of aromatic nitrogens is 1. The lowest BCUT2D eigenvalue weighted by molar-refractivity contribution is -0.154. The summed E-state index contributed by atoms with van der Waals surface area (Å²) in [5.74, 6) is 0.455. The molecule has 4 rings (SSSR count). The summed E-state index contributed by atoms with van der Waals surface area (Å²) in [5.41, 5.74) is 1.47. The zero-order chi connectivity index (χ0) is 23.5. The van der Waals surface area contributed by atoms with Crippen molar-refractivity contribution in [3.63, 3.8) is 0 Å². The third kappa shape index (κ3) is 6.82. The lowest BCUT2D eigenvalue weighted by atomic mass is 9.63. The molecule has 0 N–H and O–H groups in total. The number of carbonyl (C=O) groups is 1. The number of thiophene rings is 1. The molecular weight excluding hydrogens is 448 g/mol. The molecule has 2 aromatic rings. The van der Waals surface area contributed by atoms with Crippen molar-refractivity contribution >= 4 is 33.8 Å². The lowest BCUT2D eigenvalue weighted by Crippen LogP contribution is -2.30. The van der Waals surface area contributed by atoms with Crippen LogP contribution in [0.1, 0.15) is 106 Å². The van der Waals surface area contributed by atoms with Crippen LogP contribution in [0, 0.1) is 12.3 Å². The number of aryl methyl sites for hydroxylation is 1. The van der Waals surface area contributed by atoms with Crippen molar-refractivity contribution in [2.75, 3.05) is 11.4 Å². The standard InChI is InChI=1S/C27H40N2O2S2/c1-20-8-9-22(33-20)18-29(17-12-24(30)31-26(2,3)4)25-28-23(19-32-25)21-10-15-27(16-11-21)13-6-5-7-14-27/h8-9,19,21H,5-7,10-18H2,1-4H3. The zero-order valence-corrected chi connectivity index (χ0v) is 22.5. The van der Waals surface area contributed by atoms with Crippen molar-refractivity contribution < 1.29 is 9.53 Å². The van der Waals surface area contributed by atoms with E-state index in [2.05, 4.69) is 29.3 Å². The summed E-state index contributed by atoms with van der Waals surface area (Å²) in [7, 11) is 0. The van der Waals surface area contributed by atoms with Gasteiger partial charge in [-0.3, -0.25) is 4.79 Å². The maximum Gasteiger partial charge on any atom is 0.308 e. The van der Waals surface area contributed by atoms with Gasteiger partial charge in [0.05, 0.1) is 18.7 Å². The molecule has 0 aromatic carbocycles. The quantitative estimate of drug-likeness (QED) is 0.372. The van der Waals surface area contributed by atoms with Gasteiger partial charge >= 0.3 is 5.97 Å². The van der Waals surface area contributed by atoms with Gasteiger partial charge in [-0.15, -0.1) is 22.7 Å². The number of hydrogen-bond donors (Lipinski definition) is 0. The van der Waals surface area contributed by atoms with Crippen molar-refractivity contribution in [2.45, 2.75) is 110 Å². The highest BCUT2D eigenvalue weighted by Gasteiger charge is 2.37. The first-order valence-electron chi connectivity index (χ1n) is 12.7. The molecule has 0 aliphatic heterocycles. The largest absolute Gasteiger partial charge is 0.460 e. The van der Waals surface area contributed by atoms with Crippen molar-refractivity contribution in [3.8, 4) is 0 Å². The summed E-state index contributed by atoms with van der Waals surface area (Å²) in [6, 6.07) is 4.36. The minimum Gasteiger partial charge on any atom is -0.460 e. The molecule has 0 unspecified atom stereocenters. The summed E-state index contributed by atoms with van der Waals surface area (Å²) in [5, 5.41) is 3.32. The van der Waals surface area contributed by atoms with E-state index in [0.29, 0.717) is 24.3 Å². The summed E-state index contributed by atoms with van der Waals surface area (Å²) >= 11 is 3.56. The Hall–Kier alpha value is -1.40. The first-order chi connectivity index (χ1) is 15.7. The Balaban J connectivity index is 1.41. The van der Waals surface area contributed by atoms with Gasteiger partial charge in [-0.25, -0.2) is 4.98 Å². The molecule has 0 amide bonds. The Morgan fingerprint density at radius 3 is 2.52 bits per heavy atom. The molecule has 182 valence electrons.